The molecule has 0 amide bonds. The number of hydrogen-bond acceptors (Lipinski definition) is 2. The van der Waals surface area contributed by atoms with E-state index in [-0.39, 0.29) is 12.4 Å². The first kappa shape index (κ1) is 8.02. The first-order valence-electron chi connectivity index (χ1n) is 3.49. The molecule has 1 aliphatic carbocycles. The van der Waals surface area contributed by atoms with Crippen LogP contribution in [0.15, 0.2) is 0 Å². The Kier molecular flexibility index (Phi) is 2.02. The van der Waals surface area contributed by atoms with Crippen LogP contribution in [0.4, 0.5) is 0 Å². The minimum atomic E-state index is 0. The predicted molar refractivity (Wildman–Crippen MR) is 41.3 cm³/mol. The van der Waals surface area contributed by atoms with Crippen LogP contribution in [0.1, 0.15) is 6.42 Å². The van der Waals surface area contributed by atoms with E-state index in [1.165, 1.54) is 6.42 Å². The Hall–Kier alpha value is -0.0800. The molecule has 58 valence electrons. The van der Waals surface area contributed by atoms with E-state index in [2.05, 4.69) is 11.9 Å². The van der Waals surface area contributed by atoms with Gasteiger partial charge in [0.2, 0.25) is 0 Å². The Morgan fingerprint density at radius 3 is 2.20 bits per heavy atom. The predicted octanol–water partition coefficient (Wildman–Crippen LogP) is 0.559. The van der Waals surface area contributed by atoms with Crippen molar-refractivity contribution in [3.8, 4) is 0 Å². The van der Waals surface area contributed by atoms with Crippen LogP contribution in [0.2, 0.25) is 0 Å². The summed E-state index contributed by atoms with van der Waals surface area (Å²) in [5.41, 5.74) is 0. The Labute approximate surface area is 67.0 Å². The summed E-state index contributed by atoms with van der Waals surface area (Å²) in [4.78, 5) is 13.2. The second-order valence-corrected chi connectivity index (χ2v) is 3.25. The van der Waals surface area contributed by atoms with Gasteiger partial charge in [0.25, 0.3) is 0 Å². The van der Waals surface area contributed by atoms with Gasteiger partial charge in [0.15, 0.2) is 0 Å². The second-order valence-electron chi connectivity index (χ2n) is 3.25. The number of nitrogens with zero attached hydrogens (tertiary/aromatic N) is 1. The van der Waals surface area contributed by atoms with Crippen molar-refractivity contribution in [3.63, 3.8) is 0 Å². The quantitative estimate of drug-likeness (QED) is 0.518. The van der Waals surface area contributed by atoms with Crippen LogP contribution in [-0.4, -0.2) is 30.8 Å². The molecule has 0 radical (unpaired) electrons. The number of fused-ring (bicyclic) bond motifs is 2. The summed E-state index contributed by atoms with van der Waals surface area (Å²) in [5.74, 6) is 1.34. The van der Waals surface area contributed by atoms with Gasteiger partial charge < -0.3 is 4.90 Å². The fourth-order valence-electron chi connectivity index (χ4n) is 1.90. The summed E-state index contributed by atoms with van der Waals surface area (Å²) in [5, 5.41) is 0. The monoisotopic (exact) mass is 161 g/mol. The molecule has 3 heteroatoms. The topological polar surface area (TPSA) is 20.3 Å². The van der Waals surface area contributed by atoms with Gasteiger partial charge >= 0.3 is 0 Å². The molecule has 3 aliphatic rings. The van der Waals surface area contributed by atoms with Crippen molar-refractivity contribution in [2.24, 2.45) is 11.8 Å². The van der Waals surface area contributed by atoms with E-state index in [9.17, 15) is 4.79 Å². The zero-order valence-corrected chi connectivity index (χ0v) is 6.86. The molecule has 2 unspecified atom stereocenters. The largest absolute Gasteiger partial charge is 0.305 e. The maximum absolute atomic E-state index is 11.0. The lowest BCUT2D eigenvalue weighted by Crippen LogP contribution is -2.54. The van der Waals surface area contributed by atoms with E-state index in [0.717, 1.165) is 13.1 Å². The molecule has 2 saturated heterocycles. The fourth-order valence-corrected chi connectivity index (χ4v) is 1.90. The average molecular weight is 162 g/mol. The highest BCUT2D eigenvalue weighted by Crippen LogP contribution is 2.34. The van der Waals surface area contributed by atoms with Gasteiger partial charge in [0.1, 0.15) is 5.78 Å². The highest BCUT2D eigenvalue weighted by atomic mass is 35.5. The van der Waals surface area contributed by atoms with Crippen LogP contribution in [0, 0.1) is 11.8 Å². The second kappa shape index (κ2) is 2.51. The number of rotatable bonds is 0. The van der Waals surface area contributed by atoms with Crippen LogP contribution in [-0.2, 0) is 4.79 Å². The van der Waals surface area contributed by atoms with Gasteiger partial charge in [-0.3, -0.25) is 4.79 Å². The van der Waals surface area contributed by atoms with E-state index in [1.807, 2.05) is 0 Å². The maximum Gasteiger partial charge on any atom is 0.141 e. The standard InChI is InChI=1S/C7H11NO.ClH/c1-8-3-5-2-6(4-8)7(5)9;/h5-6H,2-4H2,1H3;1H. The summed E-state index contributed by atoms with van der Waals surface area (Å²) in [7, 11) is 2.09. The average Bonchev–Trinajstić information content (AvgIpc) is 1.87. The third kappa shape index (κ3) is 0.956. The highest BCUT2D eigenvalue weighted by Gasteiger charge is 2.44. The molecule has 2 heterocycles. The molecule has 0 N–H and O–H groups in total. The molecular formula is C7H12ClNO. The zero-order chi connectivity index (χ0) is 6.43. The number of ketones is 1. The smallest absolute Gasteiger partial charge is 0.141 e. The molecule has 2 bridgehead atoms. The SMILES string of the molecule is CN1CC2CC(C1)C2=O.Cl. The lowest BCUT2D eigenvalue weighted by Gasteiger charge is -2.43. The number of piperidine rings is 2. The molecule has 0 aromatic heterocycles. The van der Waals surface area contributed by atoms with Crippen LogP contribution in [0.3, 0.4) is 0 Å². The minimum absolute atomic E-state index is 0. The van der Waals surface area contributed by atoms with Crippen molar-refractivity contribution in [1.29, 1.82) is 0 Å². The van der Waals surface area contributed by atoms with Gasteiger partial charge in [-0.05, 0) is 13.5 Å². The molecular weight excluding hydrogens is 150 g/mol. The van der Waals surface area contributed by atoms with E-state index >= 15 is 0 Å². The van der Waals surface area contributed by atoms with E-state index < -0.39 is 0 Å². The molecule has 3 rings (SSSR count). The Morgan fingerprint density at radius 1 is 1.40 bits per heavy atom. The maximum atomic E-state index is 11.0. The molecule has 1 saturated carbocycles. The van der Waals surface area contributed by atoms with Crippen molar-refractivity contribution in [1.82, 2.24) is 4.90 Å². The van der Waals surface area contributed by atoms with Crippen molar-refractivity contribution in [2.45, 2.75) is 6.42 Å². The first-order valence-corrected chi connectivity index (χ1v) is 3.49. The van der Waals surface area contributed by atoms with Gasteiger partial charge in [0.05, 0.1) is 0 Å². The molecule has 3 fully saturated rings. The molecule has 10 heavy (non-hydrogen) atoms. The summed E-state index contributed by atoms with van der Waals surface area (Å²) in [6, 6.07) is 0. The third-order valence-electron chi connectivity index (χ3n) is 2.44. The van der Waals surface area contributed by atoms with Gasteiger partial charge in [0, 0.05) is 24.9 Å². The Bertz CT molecular complexity index is 146. The molecule has 2 aliphatic heterocycles. The zero-order valence-electron chi connectivity index (χ0n) is 6.04. The Balaban J connectivity index is 0.000000500. The number of Topliss-reactive ketones (excluding diaryl/α,β-unsaturated/α-hetero) is 1. The normalized spacial score (nSPS) is 38.3. The number of hydrogen-bond donors (Lipinski definition) is 0. The van der Waals surface area contributed by atoms with Gasteiger partial charge in [-0.25, -0.2) is 0 Å². The summed E-state index contributed by atoms with van der Waals surface area (Å²) in [6.45, 7) is 2.02. The highest BCUT2D eigenvalue weighted by molar-refractivity contribution is 5.90. The first-order chi connectivity index (χ1) is 4.27. The molecule has 0 aromatic rings. The van der Waals surface area contributed by atoms with Crippen LogP contribution in [0.25, 0.3) is 0 Å². The van der Waals surface area contributed by atoms with Crippen LogP contribution >= 0.6 is 12.4 Å². The molecule has 0 aromatic carbocycles. The van der Waals surface area contributed by atoms with Crippen molar-refractivity contribution >= 4 is 18.2 Å². The summed E-state index contributed by atoms with van der Waals surface area (Å²) >= 11 is 0. The Morgan fingerprint density at radius 2 is 1.90 bits per heavy atom. The summed E-state index contributed by atoms with van der Waals surface area (Å²) in [6.07, 6.45) is 1.17. The number of halogens is 1. The van der Waals surface area contributed by atoms with Gasteiger partial charge in [-0.15, -0.1) is 12.4 Å². The third-order valence-corrected chi connectivity index (χ3v) is 2.44. The minimum Gasteiger partial charge on any atom is -0.305 e. The lowest BCUT2D eigenvalue weighted by atomic mass is 9.70. The summed E-state index contributed by atoms with van der Waals surface area (Å²) < 4.78 is 0. The van der Waals surface area contributed by atoms with E-state index in [0.29, 0.717) is 17.6 Å². The van der Waals surface area contributed by atoms with Crippen LogP contribution < -0.4 is 0 Å². The van der Waals surface area contributed by atoms with Gasteiger partial charge in [-0.1, -0.05) is 0 Å². The van der Waals surface area contributed by atoms with Crippen molar-refractivity contribution in [2.75, 3.05) is 20.1 Å². The molecule has 2 nitrogen and oxygen atoms in total. The number of carbonyl (C=O) groups is 1. The van der Waals surface area contributed by atoms with E-state index in [4.69, 9.17) is 0 Å². The molecule has 2 atom stereocenters. The van der Waals surface area contributed by atoms with E-state index in [1.54, 1.807) is 0 Å². The fraction of sp³-hybridized carbons (Fsp3) is 0.857. The lowest BCUT2D eigenvalue weighted by molar-refractivity contribution is -0.142. The molecule has 0 spiro atoms. The van der Waals surface area contributed by atoms with Crippen molar-refractivity contribution in [3.05, 3.63) is 0 Å². The van der Waals surface area contributed by atoms with Crippen LogP contribution in [0.5, 0.6) is 0 Å². The van der Waals surface area contributed by atoms with Gasteiger partial charge in [-0.2, -0.15) is 0 Å². The van der Waals surface area contributed by atoms with Crippen molar-refractivity contribution < 1.29 is 4.79 Å². The number of carbonyl (C=O) groups excluding carboxylic acids is 1.